The third-order valence-corrected chi connectivity index (χ3v) is 7.39. The molecule has 0 spiro atoms. The van der Waals surface area contributed by atoms with Gasteiger partial charge in [-0.15, -0.1) is 11.3 Å². The van der Waals surface area contributed by atoms with Gasteiger partial charge in [0.05, 0.1) is 31.7 Å². The van der Waals surface area contributed by atoms with Gasteiger partial charge in [-0.05, 0) is 60.7 Å². The monoisotopic (exact) mass is 550 g/mol. The molecule has 5 aromatic rings. The lowest BCUT2D eigenvalue weighted by Crippen LogP contribution is -2.29. The van der Waals surface area contributed by atoms with Crippen LogP contribution in [0.25, 0.3) is 22.3 Å². The van der Waals surface area contributed by atoms with E-state index in [1.807, 2.05) is 48.7 Å². The van der Waals surface area contributed by atoms with Crippen LogP contribution in [0, 0.1) is 0 Å². The highest BCUT2D eigenvalue weighted by Gasteiger charge is 2.36. The summed E-state index contributed by atoms with van der Waals surface area (Å²) in [5.74, 6) is -1.16. The van der Waals surface area contributed by atoms with E-state index in [1.165, 1.54) is 17.4 Å². The molecule has 7 nitrogen and oxygen atoms in total. The molecule has 39 heavy (non-hydrogen) atoms. The predicted octanol–water partition coefficient (Wildman–Crippen LogP) is 6.71. The Balaban J connectivity index is 1.24. The van der Waals surface area contributed by atoms with Gasteiger partial charge in [-0.3, -0.25) is 14.4 Å². The number of carbonyl (C=O) groups is 3. The third-order valence-electron chi connectivity index (χ3n) is 6.15. The molecular weight excluding hydrogens is 532 g/mol. The number of nitrogens with one attached hydrogen (secondary N) is 1. The van der Waals surface area contributed by atoms with Gasteiger partial charge in [0.25, 0.3) is 11.8 Å². The minimum Gasteiger partial charge on any atom is -0.322 e. The van der Waals surface area contributed by atoms with Gasteiger partial charge in [0.2, 0.25) is 5.91 Å². The Hall–Kier alpha value is -4.79. The number of thiophene rings is 1. The average Bonchev–Trinajstić information content (AvgIpc) is 3.64. The highest BCUT2D eigenvalue weighted by atomic mass is 35.5. The van der Waals surface area contributed by atoms with Gasteiger partial charge >= 0.3 is 0 Å². The van der Waals surface area contributed by atoms with E-state index >= 15 is 0 Å². The lowest BCUT2D eigenvalue weighted by molar-refractivity contribution is -0.111. The van der Waals surface area contributed by atoms with E-state index in [2.05, 4.69) is 5.32 Å². The predicted molar refractivity (Wildman–Crippen MR) is 154 cm³/mol. The maximum atomic E-state index is 12.9. The van der Waals surface area contributed by atoms with Crippen LogP contribution >= 0.6 is 22.9 Å². The van der Waals surface area contributed by atoms with Gasteiger partial charge in [0.1, 0.15) is 5.69 Å². The molecule has 0 saturated carbocycles. The standard InChI is InChI=1S/C30H19ClN4O3S/c31-26-15-14-25(39-26)28-19(18-34(33-28)21-8-2-1-3-9-21)13-16-27(36)32-20-7-6-10-22(17-20)35-29(37)23-11-4-5-12-24(23)30(35)38/h1-18H,(H,32,36)/b16-13+. The Morgan fingerprint density at radius 3 is 2.23 bits per heavy atom. The first-order chi connectivity index (χ1) is 19.0. The first-order valence-corrected chi connectivity index (χ1v) is 13.1. The van der Waals surface area contributed by atoms with Gasteiger partial charge in [-0.2, -0.15) is 5.10 Å². The fourth-order valence-electron chi connectivity index (χ4n) is 4.35. The van der Waals surface area contributed by atoms with Crippen LogP contribution in [0.15, 0.2) is 103 Å². The molecule has 190 valence electrons. The van der Waals surface area contributed by atoms with Crippen LogP contribution in [-0.2, 0) is 4.79 Å². The highest BCUT2D eigenvalue weighted by Crippen LogP contribution is 2.33. The van der Waals surface area contributed by atoms with Crippen molar-refractivity contribution in [3.8, 4) is 16.3 Å². The summed E-state index contributed by atoms with van der Waals surface area (Å²) in [5.41, 5.74) is 3.88. The Bertz CT molecular complexity index is 1740. The van der Waals surface area contributed by atoms with Gasteiger partial charge < -0.3 is 5.32 Å². The van der Waals surface area contributed by atoms with Gasteiger partial charge in [-0.1, -0.05) is 48.0 Å². The van der Waals surface area contributed by atoms with Gasteiger partial charge in [-0.25, -0.2) is 9.58 Å². The quantitative estimate of drug-likeness (QED) is 0.188. The fraction of sp³-hybridized carbons (Fsp3) is 0. The SMILES string of the molecule is O=C(/C=C/c1cn(-c2ccccc2)nc1-c1ccc(Cl)s1)Nc1cccc(N2C(=O)c3ccccc3C2=O)c1. The maximum Gasteiger partial charge on any atom is 0.266 e. The van der Waals surface area contributed by atoms with Crippen molar-refractivity contribution in [3.63, 3.8) is 0 Å². The number of hydrogen-bond acceptors (Lipinski definition) is 5. The van der Waals surface area contributed by atoms with Crippen molar-refractivity contribution in [2.45, 2.75) is 0 Å². The summed E-state index contributed by atoms with van der Waals surface area (Å²) >= 11 is 7.57. The topological polar surface area (TPSA) is 84.3 Å². The smallest absolute Gasteiger partial charge is 0.266 e. The Kier molecular flexibility index (Phi) is 6.40. The van der Waals surface area contributed by atoms with Crippen LogP contribution in [0.4, 0.5) is 11.4 Å². The van der Waals surface area contributed by atoms with Crippen LogP contribution in [0.1, 0.15) is 26.3 Å². The number of hydrogen-bond donors (Lipinski definition) is 1. The largest absolute Gasteiger partial charge is 0.322 e. The molecule has 0 atom stereocenters. The van der Waals surface area contributed by atoms with E-state index < -0.39 is 11.8 Å². The zero-order valence-electron chi connectivity index (χ0n) is 20.2. The first-order valence-electron chi connectivity index (χ1n) is 12.0. The second-order valence-corrected chi connectivity index (χ2v) is 10.4. The summed E-state index contributed by atoms with van der Waals surface area (Å²) in [6, 6.07) is 26.7. The van der Waals surface area contributed by atoms with E-state index in [9.17, 15) is 14.4 Å². The van der Waals surface area contributed by atoms with Crippen molar-refractivity contribution in [2.24, 2.45) is 0 Å². The first kappa shape index (κ1) is 24.5. The summed E-state index contributed by atoms with van der Waals surface area (Å²) in [5, 5.41) is 7.54. The zero-order chi connectivity index (χ0) is 26.9. The number of para-hydroxylation sites is 1. The number of rotatable bonds is 6. The van der Waals surface area contributed by atoms with Gasteiger partial charge in [0.15, 0.2) is 0 Å². The van der Waals surface area contributed by atoms with Crippen LogP contribution in [-0.4, -0.2) is 27.5 Å². The molecule has 0 aliphatic carbocycles. The summed E-state index contributed by atoms with van der Waals surface area (Å²) in [7, 11) is 0. The summed E-state index contributed by atoms with van der Waals surface area (Å²) < 4.78 is 2.40. The molecule has 0 bridgehead atoms. The van der Waals surface area contributed by atoms with Crippen molar-refractivity contribution in [2.75, 3.05) is 10.2 Å². The van der Waals surface area contributed by atoms with E-state index in [0.717, 1.165) is 21.0 Å². The lowest BCUT2D eigenvalue weighted by Gasteiger charge is -2.15. The molecule has 0 fully saturated rings. The molecule has 3 heterocycles. The number of halogens is 1. The molecule has 0 unspecified atom stereocenters. The number of carbonyl (C=O) groups excluding carboxylic acids is 3. The third kappa shape index (κ3) is 4.79. The molecule has 1 aliphatic heterocycles. The number of aromatic nitrogens is 2. The minimum atomic E-state index is -0.393. The number of nitrogens with zero attached hydrogens (tertiary/aromatic N) is 3. The Labute approximate surface area is 232 Å². The van der Waals surface area contributed by atoms with Crippen molar-refractivity contribution < 1.29 is 14.4 Å². The van der Waals surface area contributed by atoms with Crippen LogP contribution < -0.4 is 10.2 Å². The van der Waals surface area contributed by atoms with Crippen molar-refractivity contribution in [3.05, 3.63) is 124 Å². The van der Waals surface area contributed by atoms with Crippen LogP contribution in [0.5, 0.6) is 0 Å². The summed E-state index contributed by atoms with van der Waals surface area (Å²) in [6.07, 6.45) is 4.96. The molecule has 0 saturated heterocycles. The second-order valence-electron chi connectivity index (χ2n) is 8.68. The van der Waals surface area contributed by atoms with E-state index in [0.29, 0.717) is 32.5 Å². The zero-order valence-corrected chi connectivity index (χ0v) is 21.8. The molecule has 6 rings (SSSR count). The summed E-state index contributed by atoms with van der Waals surface area (Å²) in [6.45, 7) is 0. The second kappa shape index (κ2) is 10.2. The van der Waals surface area contributed by atoms with Crippen molar-refractivity contribution >= 4 is 58.1 Å². The normalized spacial score (nSPS) is 12.8. The molecule has 1 N–H and O–H groups in total. The van der Waals surface area contributed by atoms with E-state index in [-0.39, 0.29) is 5.91 Å². The van der Waals surface area contributed by atoms with Crippen LogP contribution in [0.2, 0.25) is 4.34 Å². The average molecular weight is 551 g/mol. The molecular formula is C30H19ClN4O3S. The molecule has 1 aliphatic rings. The Morgan fingerprint density at radius 1 is 0.846 bits per heavy atom. The number of benzene rings is 3. The number of anilines is 2. The number of amides is 3. The maximum absolute atomic E-state index is 12.9. The minimum absolute atomic E-state index is 0.360. The van der Waals surface area contributed by atoms with Gasteiger partial charge in [0, 0.05) is 23.5 Å². The molecule has 3 amide bonds. The highest BCUT2D eigenvalue weighted by molar-refractivity contribution is 7.19. The number of fused-ring (bicyclic) bond motifs is 1. The fourth-order valence-corrected chi connectivity index (χ4v) is 5.40. The Morgan fingerprint density at radius 2 is 1.54 bits per heavy atom. The molecule has 2 aromatic heterocycles. The summed E-state index contributed by atoms with van der Waals surface area (Å²) in [4.78, 5) is 40.6. The van der Waals surface area contributed by atoms with E-state index in [4.69, 9.17) is 16.7 Å². The lowest BCUT2D eigenvalue weighted by atomic mass is 10.1. The van der Waals surface area contributed by atoms with E-state index in [1.54, 1.807) is 59.3 Å². The van der Waals surface area contributed by atoms with Crippen molar-refractivity contribution in [1.82, 2.24) is 9.78 Å². The molecule has 0 radical (unpaired) electrons. The number of imide groups is 1. The van der Waals surface area contributed by atoms with Crippen LogP contribution in [0.3, 0.4) is 0 Å². The molecule has 9 heteroatoms. The van der Waals surface area contributed by atoms with Crippen molar-refractivity contribution in [1.29, 1.82) is 0 Å². The molecule has 3 aromatic carbocycles.